The Labute approximate surface area is 99.0 Å². The molecule has 1 atom stereocenters. The Morgan fingerprint density at radius 3 is 3.00 bits per heavy atom. The number of carbonyl (C=O) groups is 1. The molecule has 0 bridgehead atoms. The molecule has 0 radical (unpaired) electrons. The second kappa shape index (κ2) is 6.47. The molecule has 1 amide bonds. The van der Waals surface area contributed by atoms with Gasteiger partial charge in [0, 0.05) is 17.5 Å². The summed E-state index contributed by atoms with van der Waals surface area (Å²) in [5, 5.41) is 0. The highest BCUT2D eigenvalue weighted by atomic mass is 32.2. The molecule has 16 heavy (non-hydrogen) atoms. The number of aromatic nitrogens is 1. The molecule has 0 aliphatic carbocycles. The highest BCUT2D eigenvalue weighted by Gasteiger charge is 2.05. The van der Waals surface area contributed by atoms with Gasteiger partial charge in [0.1, 0.15) is 5.69 Å². The highest BCUT2D eigenvalue weighted by Crippen LogP contribution is 2.11. The number of nitrogen functional groups attached to an aromatic ring is 1. The number of nitrogens with one attached hydrogen (secondary N) is 1. The number of pyridine rings is 1. The van der Waals surface area contributed by atoms with Crippen LogP contribution in [0.4, 0.5) is 0 Å². The maximum absolute atomic E-state index is 11.2. The van der Waals surface area contributed by atoms with E-state index in [1.165, 1.54) is 0 Å². The van der Waals surface area contributed by atoms with Crippen LogP contribution in [0.25, 0.3) is 0 Å². The normalized spacial score (nSPS) is 12.2. The van der Waals surface area contributed by atoms with Crippen molar-refractivity contribution < 1.29 is 4.79 Å². The first-order valence-electron chi connectivity index (χ1n) is 4.93. The third-order valence-corrected chi connectivity index (χ3v) is 3.06. The Balaban J connectivity index is 2.57. The molecule has 6 heteroatoms. The second-order valence-electron chi connectivity index (χ2n) is 3.48. The summed E-state index contributed by atoms with van der Waals surface area (Å²) >= 11 is 1.69. The fourth-order valence-corrected chi connectivity index (χ4v) is 1.97. The van der Waals surface area contributed by atoms with Crippen LogP contribution in [0, 0.1) is 0 Å². The zero-order valence-corrected chi connectivity index (χ0v) is 9.96. The molecule has 5 nitrogen and oxygen atoms in total. The SMILES string of the molecule is CC(N)CSCc1cccc(C(=O)NN)n1. The largest absolute Gasteiger partial charge is 0.327 e. The quantitative estimate of drug-likeness (QED) is 0.390. The average Bonchev–Trinajstić information content (AvgIpc) is 2.28. The van der Waals surface area contributed by atoms with Crippen molar-refractivity contribution in [3.8, 4) is 0 Å². The first kappa shape index (κ1) is 13.0. The number of carbonyl (C=O) groups excluding carboxylic acids is 1. The van der Waals surface area contributed by atoms with Gasteiger partial charge in [-0.15, -0.1) is 0 Å². The lowest BCUT2D eigenvalue weighted by atomic mass is 10.3. The van der Waals surface area contributed by atoms with Crippen LogP contribution in [-0.2, 0) is 5.75 Å². The number of hydrogen-bond acceptors (Lipinski definition) is 5. The predicted molar refractivity (Wildman–Crippen MR) is 65.7 cm³/mol. The average molecular weight is 240 g/mol. The van der Waals surface area contributed by atoms with E-state index in [0.717, 1.165) is 17.2 Å². The minimum Gasteiger partial charge on any atom is -0.327 e. The molecule has 0 saturated carbocycles. The lowest BCUT2D eigenvalue weighted by molar-refractivity contribution is 0.0948. The van der Waals surface area contributed by atoms with Gasteiger partial charge < -0.3 is 5.73 Å². The van der Waals surface area contributed by atoms with Gasteiger partial charge in [0.15, 0.2) is 0 Å². The van der Waals surface area contributed by atoms with Crippen molar-refractivity contribution in [3.63, 3.8) is 0 Å². The topological polar surface area (TPSA) is 94.0 Å². The third-order valence-electron chi connectivity index (χ3n) is 1.80. The van der Waals surface area contributed by atoms with Crippen LogP contribution in [0.1, 0.15) is 23.1 Å². The molecule has 0 aliphatic rings. The van der Waals surface area contributed by atoms with Gasteiger partial charge in [0.2, 0.25) is 0 Å². The molecule has 0 aromatic carbocycles. The minimum absolute atomic E-state index is 0.167. The zero-order valence-electron chi connectivity index (χ0n) is 9.14. The second-order valence-corrected chi connectivity index (χ2v) is 4.51. The summed E-state index contributed by atoms with van der Waals surface area (Å²) in [4.78, 5) is 15.4. The Bertz CT molecular complexity index is 356. The van der Waals surface area contributed by atoms with E-state index >= 15 is 0 Å². The van der Waals surface area contributed by atoms with Crippen LogP contribution >= 0.6 is 11.8 Å². The lowest BCUT2D eigenvalue weighted by Gasteiger charge is -2.05. The number of hydrazine groups is 1. The number of nitrogens with two attached hydrogens (primary N) is 2. The fourth-order valence-electron chi connectivity index (χ4n) is 1.11. The predicted octanol–water partition coefficient (Wildman–Crippen LogP) is 0.266. The summed E-state index contributed by atoms with van der Waals surface area (Å²) in [7, 11) is 0. The van der Waals surface area contributed by atoms with E-state index in [1.807, 2.05) is 13.0 Å². The van der Waals surface area contributed by atoms with E-state index in [1.54, 1.807) is 23.9 Å². The number of hydrogen-bond donors (Lipinski definition) is 3. The molecular formula is C10H16N4OS. The van der Waals surface area contributed by atoms with Gasteiger partial charge in [0.05, 0.1) is 5.69 Å². The Kier molecular flexibility index (Phi) is 5.24. The van der Waals surface area contributed by atoms with Crippen LogP contribution in [0.2, 0.25) is 0 Å². The van der Waals surface area contributed by atoms with Crippen molar-refractivity contribution in [2.75, 3.05) is 5.75 Å². The first-order valence-corrected chi connectivity index (χ1v) is 6.09. The minimum atomic E-state index is -0.376. The molecule has 0 fully saturated rings. The van der Waals surface area contributed by atoms with E-state index in [0.29, 0.717) is 5.69 Å². The summed E-state index contributed by atoms with van der Waals surface area (Å²) in [6.07, 6.45) is 0. The molecule has 1 rings (SSSR count). The standard InChI is InChI=1S/C10H16N4OS/c1-7(11)5-16-6-8-3-2-4-9(13-8)10(15)14-12/h2-4,7H,5-6,11-12H2,1H3,(H,14,15). The number of nitrogens with zero attached hydrogens (tertiary/aromatic N) is 1. The van der Waals surface area contributed by atoms with Crippen molar-refractivity contribution in [1.82, 2.24) is 10.4 Å². The first-order chi connectivity index (χ1) is 7.63. The highest BCUT2D eigenvalue weighted by molar-refractivity contribution is 7.98. The molecule has 88 valence electrons. The van der Waals surface area contributed by atoms with E-state index in [9.17, 15) is 4.79 Å². The van der Waals surface area contributed by atoms with Crippen molar-refractivity contribution in [3.05, 3.63) is 29.6 Å². The van der Waals surface area contributed by atoms with Crippen LogP contribution in [0.5, 0.6) is 0 Å². The van der Waals surface area contributed by atoms with Gasteiger partial charge in [-0.1, -0.05) is 6.07 Å². The molecule has 1 heterocycles. The maximum atomic E-state index is 11.2. The van der Waals surface area contributed by atoms with Gasteiger partial charge in [-0.2, -0.15) is 11.8 Å². The molecular weight excluding hydrogens is 224 g/mol. The van der Waals surface area contributed by atoms with Gasteiger partial charge in [0.25, 0.3) is 5.91 Å². The zero-order chi connectivity index (χ0) is 12.0. The summed E-state index contributed by atoms with van der Waals surface area (Å²) in [6, 6.07) is 5.46. The van der Waals surface area contributed by atoms with Gasteiger partial charge in [-0.25, -0.2) is 10.8 Å². The summed E-state index contributed by atoms with van der Waals surface area (Å²) in [5.41, 5.74) is 8.88. The molecule has 0 aliphatic heterocycles. The fraction of sp³-hybridized carbons (Fsp3) is 0.400. The van der Waals surface area contributed by atoms with Gasteiger partial charge in [-0.05, 0) is 19.1 Å². The lowest BCUT2D eigenvalue weighted by Crippen LogP contribution is -2.30. The number of rotatable bonds is 5. The summed E-state index contributed by atoms with van der Waals surface area (Å²) in [6.45, 7) is 1.96. The van der Waals surface area contributed by atoms with Crippen molar-refractivity contribution in [2.24, 2.45) is 11.6 Å². The molecule has 0 spiro atoms. The number of amides is 1. The van der Waals surface area contributed by atoms with Crippen molar-refractivity contribution in [2.45, 2.75) is 18.7 Å². The number of thioether (sulfide) groups is 1. The third kappa shape index (κ3) is 4.18. The Morgan fingerprint density at radius 2 is 2.38 bits per heavy atom. The van der Waals surface area contributed by atoms with E-state index < -0.39 is 0 Å². The van der Waals surface area contributed by atoms with E-state index in [4.69, 9.17) is 11.6 Å². The van der Waals surface area contributed by atoms with Crippen LogP contribution in [0.3, 0.4) is 0 Å². The summed E-state index contributed by atoms with van der Waals surface area (Å²) in [5.74, 6) is 6.27. The van der Waals surface area contributed by atoms with Gasteiger partial charge >= 0.3 is 0 Å². The van der Waals surface area contributed by atoms with Gasteiger partial charge in [-0.3, -0.25) is 10.2 Å². The molecule has 0 saturated heterocycles. The molecule has 1 unspecified atom stereocenters. The van der Waals surface area contributed by atoms with Crippen molar-refractivity contribution in [1.29, 1.82) is 0 Å². The summed E-state index contributed by atoms with van der Waals surface area (Å²) < 4.78 is 0. The Morgan fingerprint density at radius 1 is 1.62 bits per heavy atom. The molecule has 1 aromatic heterocycles. The molecule has 5 N–H and O–H groups in total. The van der Waals surface area contributed by atoms with Crippen LogP contribution < -0.4 is 17.0 Å². The smallest absolute Gasteiger partial charge is 0.283 e. The monoisotopic (exact) mass is 240 g/mol. The van der Waals surface area contributed by atoms with Crippen molar-refractivity contribution >= 4 is 17.7 Å². The Hall–Kier alpha value is -1.11. The van der Waals surface area contributed by atoms with Crippen LogP contribution in [0.15, 0.2) is 18.2 Å². The van der Waals surface area contributed by atoms with E-state index in [2.05, 4.69) is 10.4 Å². The molecule has 1 aromatic rings. The maximum Gasteiger partial charge on any atom is 0.283 e. The van der Waals surface area contributed by atoms with Crippen LogP contribution in [-0.4, -0.2) is 22.7 Å². The van der Waals surface area contributed by atoms with E-state index in [-0.39, 0.29) is 11.9 Å².